The molecular formula is C12H20ClNO2S2. The van der Waals surface area contributed by atoms with Gasteiger partial charge in [-0.1, -0.05) is 6.92 Å². The second-order valence-electron chi connectivity index (χ2n) is 4.51. The predicted octanol–water partition coefficient (Wildman–Crippen LogP) is 3.60. The van der Waals surface area contributed by atoms with Crippen LogP contribution in [0.3, 0.4) is 0 Å². The Labute approximate surface area is 119 Å². The number of hydrogen-bond donors (Lipinski definition) is 0. The van der Waals surface area contributed by atoms with E-state index in [-0.39, 0.29) is 6.04 Å². The fourth-order valence-electron chi connectivity index (χ4n) is 1.74. The van der Waals surface area contributed by atoms with Crippen LogP contribution in [0, 0.1) is 6.92 Å². The molecule has 0 radical (unpaired) electrons. The Morgan fingerprint density at radius 2 is 2.06 bits per heavy atom. The molecule has 0 aliphatic heterocycles. The van der Waals surface area contributed by atoms with Gasteiger partial charge in [0.25, 0.3) is 10.0 Å². The number of nitrogens with zero attached hydrogens (tertiary/aromatic N) is 1. The topological polar surface area (TPSA) is 37.4 Å². The average molecular weight is 310 g/mol. The van der Waals surface area contributed by atoms with Crippen molar-refractivity contribution in [2.45, 2.75) is 50.2 Å². The lowest BCUT2D eigenvalue weighted by molar-refractivity contribution is 0.355. The molecular weight excluding hydrogens is 290 g/mol. The first-order chi connectivity index (χ1) is 8.34. The fourth-order valence-corrected chi connectivity index (χ4v) is 5.41. The van der Waals surface area contributed by atoms with E-state index in [0.717, 1.165) is 16.9 Å². The summed E-state index contributed by atoms with van der Waals surface area (Å²) in [6.45, 7) is 8.22. The Morgan fingerprint density at radius 1 is 1.44 bits per heavy atom. The first-order valence-electron chi connectivity index (χ1n) is 6.01. The highest BCUT2D eigenvalue weighted by Crippen LogP contribution is 2.30. The third kappa shape index (κ3) is 3.26. The molecule has 1 aromatic rings. The predicted molar refractivity (Wildman–Crippen MR) is 77.9 cm³/mol. The van der Waals surface area contributed by atoms with Gasteiger partial charge in [-0.15, -0.1) is 22.9 Å². The molecule has 3 nitrogen and oxygen atoms in total. The van der Waals surface area contributed by atoms with Crippen LogP contribution in [0.2, 0.25) is 0 Å². The molecule has 0 bridgehead atoms. The first-order valence-corrected chi connectivity index (χ1v) is 8.80. The van der Waals surface area contributed by atoms with E-state index in [1.54, 1.807) is 10.4 Å². The van der Waals surface area contributed by atoms with Crippen molar-refractivity contribution in [3.63, 3.8) is 0 Å². The van der Waals surface area contributed by atoms with Gasteiger partial charge < -0.3 is 0 Å². The van der Waals surface area contributed by atoms with Crippen molar-refractivity contribution in [2.75, 3.05) is 6.54 Å². The molecule has 0 spiro atoms. The fraction of sp³-hybridized carbons (Fsp3) is 0.667. The monoisotopic (exact) mass is 309 g/mol. The van der Waals surface area contributed by atoms with Crippen molar-refractivity contribution in [1.82, 2.24) is 4.31 Å². The van der Waals surface area contributed by atoms with Crippen LogP contribution in [0.25, 0.3) is 0 Å². The molecule has 0 aromatic carbocycles. The molecule has 0 fully saturated rings. The maximum Gasteiger partial charge on any atom is 0.252 e. The molecule has 0 atom stereocenters. The summed E-state index contributed by atoms with van der Waals surface area (Å²) >= 11 is 7.08. The average Bonchev–Trinajstić information content (AvgIpc) is 2.67. The first kappa shape index (κ1) is 16.0. The molecule has 0 unspecified atom stereocenters. The SMILES string of the molecule is CCCN(C(C)C)S(=O)(=O)c1cc(C)c(CCl)s1. The smallest absolute Gasteiger partial charge is 0.206 e. The van der Waals surface area contributed by atoms with E-state index in [2.05, 4.69) is 0 Å². The zero-order chi connectivity index (χ0) is 13.9. The summed E-state index contributed by atoms with van der Waals surface area (Å²) < 4.78 is 27.0. The number of rotatable bonds is 6. The van der Waals surface area contributed by atoms with Crippen LogP contribution >= 0.6 is 22.9 Å². The standard InChI is InChI=1S/C12H20ClNO2S2/c1-5-6-14(9(2)3)18(15,16)12-7-10(4)11(8-13)17-12/h7,9H,5-6,8H2,1-4H3. The normalized spacial score (nSPS) is 12.6. The van der Waals surface area contributed by atoms with E-state index in [9.17, 15) is 8.42 Å². The van der Waals surface area contributed by atoms with Crippen LogP contribution in [0.5, 0.6) is 0 Å². The van der Waals surface area contributed by atoms with Gasteiger partial charge in [0.05, 0.1) is 5.88 Å². The van der Waals surface area contributed by atoms with Gasteiger partial charge in [-0.2, -0.15) is 4.31 Å². The molecule has 0 amide bonds. The number of alkyl halides is 1. The number of aryl methyl sites for hydroxylation is 1. The molecule has 0 saturated carbocycles. The van der Waals surface area contributed by atoms with Gasteiger partial charge in [-0.25, -0.2) is 8.42 Å². The Bertz CT molecular complexity index is 494. The third-order valence-corrected chi connectivity index (χ3v) is 6.89. The lowest BCUT2D eigenvalue weighted by Crippen LogP contribution is -2.37. The lowest BCUT2D eigenvalue weighted by Gasteiger charge is -2.24. The van der Waals surface area contributed by atoms with Gasteiger partial charge in [0, 0.05) is 17.5 Å². The minimum atomic E-state index is -3.38. The summed E-state index contributed by atoms with van der Waals surface area (Å²) in [6.07, 6.45) is 0.810. The second kappa shape index (κ2) is 6.37. The van der Waals surface area contributed by atoms with Gasteiger partial charge in [0.1, 0.15) is 4.21 Å². The number of thiophene rings is 1. The van der Waals surface area contributed by atoms with E-state index in [4.69, 9.17) is 11.6 Å². The molecule has 0 N–H and O–H groups in total. The van der Waals surface area contributed by atoms with E-state index in [0.29, 0.717) is 16.6 Å². The molecule has 104 valence electrons. The summed E-state index contributed by atoms with van der Waals surface area (Å²) in [5.41, 5.74) is 0.953. The number of hydrogen-bond acceptors (Lipinski definition) is 3. The molecule has 1 heterocycles. The highest BCUT2D eigenvalue weighted by atomic mass is 35.5. The van der Waals surface area contributed by atoms with Gasteiger partial charge in [-0.3, -0.25) is 0 Å². The van der Waals surface area contributed by atoms with E-state index >= 15 is 0 Å². The van der Waals surface area contributed by atoms with Crippen molar-refractivity contribution >= 4 is 33.0 Å². The highest BCUT2D eigenvalue weighted by molar-refractivity contribution is 7.91. The minimum Gasteiger partial charge on any atom is -0.206 e. The Kier molecular flexibility index (Phi) is 5.65. The zero-order valence-corrected chi connectivity index (χ0v) is 13.6. The van der Waals surface area contributed by atoms with Crippen molar-refractivity contribution in [3.8, 4) is 0 Å². The summed E-state index contributed by atoms with van der Waals surface area (Å²) in [5, 5.41) is 0. The van der Waals surface area contributed by atoms with E-state index in [1.807, 2.05) is 27.7 Å². The Morgan fingerprint density at radius 3 is 2.44 bits per heavy atom. The van der Waals surface area contributed by atoms with Gasteiger partial charge in [0.2, 0.25) is 0 Å². The van der Waals surface area contributed by atoms with Crippen LogP contribution in [0.15, 0.2) is 10.3 Å². The van der Waals surface area contributed by atoms with Crippen LogP contribution in [0.1, 0.15) is 37.6 Å². The number of halogens is 1. The molecule has 18 heavy (non-hydrogen) atoms. The summed E-state index contributed by atoms with van der Waals surface area (Å²) in [7, 11) is -3.38. The summed E-state index contributed by atoms with van der Waals surface area (Å²) in [4.78, 5) is 0.926. The zero-order valence-electron chi connectivity index (χ0n) is 11.2. The third-order valence-electron chi connectivity index (χ3n) is 2.70. The van der Waals surface area contributed by atoms with E-state index < -0.39 is 10.0 Å². The Balaban J connectivity index is 3.17. The van der Waals surface area contributed by atoms with Crippen LogP contribution in [0.4, 0.5) is 0 Å². The molecule has 1 aromatic heterocycles. The molecule has 1 rings (SSSR count). The summed E-state index contributed by atoms with van der Waals surface area (Å²) in [6, 6.07) is 1.69. The molecule has 6 heteroatoms. The van der Waals surface area contributed by atoms with Crippen LogP contribution in [-0.2, 0) is 15.9 Å². The molecule has 0 aliphatic carbocycles. The maximum atomic E-state index is 12.5. The minimum absolute atomic E-state index is 0.0307. The van der Waals surface area contributed by atoms with Crippen LogP contribution < -0.4 is 0 Å². The van der Waals surface area contributed by atoms with Crippen molar-refractivity contribution in [3.05, 3.63) is 16.5 Å². The van der Waals surface area contributed by atoms with E-state index in [1.165, 1.54) is 11.3 Å². The largest absolute Gasteiger partial charge is 0.252 e. The van der Waals surface area contributed by atoms with Crippen molar-refractivity contribution in [1.29, 1.82) is 0 Å². The highest BCUT2D eigenvalue weighted by Gasteiger charge is 2.28. The molecule has 0 aliphatic rings. The number of sulfonamides is 1. The maximum absolute atomic E-state index is 12.5. The second-order valence-corrected chi connectivity index (χ2v) is 8.04. The van der Waals surface area contributed by atoms with Crippen molar-refractivity contribution in [2.24, 2.45) is 0 Å². The lowest BCUT2D eigenvalue weighted by atomic mass is 10.3. The summed E-state index contributed by atoms with van der Waals surface area (Å²) in [5.74, 6) is 0.363. The Hall–Kier alpha value is -0.100. The van der Waals surface area contributed by atoms with Crippen molar-refractivity contribution < 1.29 is 8.42 Å². The quantitative estimate of drug-likeness (QED) is 0.753. The van der Waals surface area contributed by atoms with Gasteiger partial charge in [0.15, 0.2) is 0 Å². The van der Waals surface area contributed by atoms with Gasteiger partial charge >= 0.3 is 0 Å². The van der Waals surface area contributed by atoms with Gasteiger partial charge in [-0.05, 0) is 38.8 Å². The molecule has 0 saturated heterocycles. The van der Waals surface area contributed by atoms with Crippen LogP contribution in [-0.4, -0.2) is 25.3 Å².